The SMILES string of the molecule is CCOC(=O)Cn1nc(C(F)F)c2c1C(=O)[C@@H]1C[C@H]21. The minimum Gasteiger partial charge on any atom is -0.465 e. The van der Waals surface area contributed by atoms with Crippen LogP contribution in [0.3, 0.4) is 0 Å². The second-order valence-electron chi connectivity index (χ2n) is 4.72. The van der Waals surface area contributed by atoms with Gasteiger partial charge in [0.2, 0.25) is 0 Å². The number of Topliss-reactive ketones (excluding diaryl/α,β-unsaturated/α-hetero) is 1. The topological polar surface area (TPSA) is 61.2 Å². The molecule has 1 aromatic rings. The summed E-state index contributed by atoms with van der Waals surface area (Å²) in [5.74, 6) is -1.06. The summed E-state index contributed by atoms with van der Waals surface area (Å²) >= 11 is 0. The van der Waals surface area contributed by atoms with Gasteiger partial charge in [-0.05, 0) is 19.3 Å². The van der Waals surface area contributed by atoms with Crippen molar-refractivity contribution in [3.63, 3.8) is 0 Å². The average molecular weight is 270 g/mol. The van der Waals surface area contributed by atoms with Crippen molar-refractivity contribution in [3.05, 3.63) is 17.0 Å². The van der Waals surface area contributed by atoms with Gasteiger partial charge in [0.15, 0.2) is 5.78 Å². The maximum atomic E-state index is 12.9. The van der Waals surface area contributed by atoms with E-state index in [1.807, 2.05) is 0 Å². The van der Waals surface area contributed by atoms with Crippen molar-refractivity contribution in [1.82, 2.24) is 9.78 Å². The first kappa shape index (κ1) is 12.3. The lowest BCUT2D eigenvalue weighted by Crippen LogP contribution is -2.18. The van der Waals surface area contributed by atoms with Crippen LogP contribution in [0.5, 0.6) is 0 Å². The predicted molar refractivity (Wildman–Crippen MR) is 59.0 cm³/mol. The van der Waals surface area contributed by atoms with Crippen LogP contribution in [0.4, 0.5) is 8.78 Å². The molecule has 3 rings (SSSR count). The molecule has 1 fully saturated rings. The zero-order chi connectivity index (χ0) is 13.7. The summed E-state index contributed by atoms with van der Waals surface area (Å²) in [6, 6.07) is 0. The van der Waals surface area contributed by atoms with E-state index in [0.717, 1.165) is 4.68 Å². The van der Waals surface area contributed by atoms with Crippen LogP contribution in [0.15, 0.2) is 0 Å². The number of ether oxygens (including phenoxy) is 1. The minimum absolute atomic E-state index is 0.123. The quantitative estimate of drug-likeness (QED) is 0.781. The minimum atomic E-state index is -2.73. The molecule has 0 spiro atoms. The highest BCUT2D eigenvalue weighted by Crippen LogP contribution is 2.58. The molecule has 0 N–H and O–H groups in total. The summed E-state index contributed by atoms with van der Waals surface area (Å²) in [6.07, 6.45) is -2.11. The zero-order valence-corrected chi connectivity index (χ0v) is 10.2. The lowest BCUT2D eigenvalue weighted by atomic mass is 10.1. The van der Waals surface area contributed by atoms with Crippen LogP contribution in [-0.4, -0.2) is 28.1 Å². The molecule has 0 aromatic carbocycles. The Morgan fingerprint density at radius 1 is 1.53 bits per heavy atom. The molecule has 102 valence electrons. The molecule has 0 saturated heterocycles. The number of carbonyl (C=O) groups excluding carboxylic acids is 2. The van der Waals surface area contributed by atoms with E-state index in [-0.39, 0.29) is 42.2 Å². The second-order valence-corrected chi connectivity index (χ2v) is 4.72. The first-order valence-electron chi connectivity index (χ1n) is 6.13. The number of esters is 1. The first-order valence-corrected chi connectivity index (χ1v) is 6.13. The Balaban J connectivity index is 1.98. The van der Waals surface area contributed by atoms with E-state index in [4.69, 9.17) is 4.74 Å². The van der Waals surface area contributed by atoms with Crippen molar-refractivity contribution in [1.29, 1.82) is 0 Å². The molecule has 7 heteroatoms. The number of rotatable bonds is 4. The Morgan fingerprint density at radius 3 is 2.89 bits per heavy atom. The molecule has 1 saturated carbocycles. The van der Waals surface area contributed by atoms with Crippen molar-refractivity contribution in [3.8, 4) is 0 Å². The standard InChI is InChI=1S/C12H12F2N2O3/c1-2-19-7(17)4-16-10-8(9(15-16)12(13)14)5-3-6(5)11(10)18/h5-6,12H,2-4H2,1H3/t5-,6+/m0/s1. The van der Waals surface area contributed by atoms with Gasteiger partial charge in [0, 0.05) is 11.5 Å². The number of halogens is 2. The highest BCUT2D eigenvalue weighted by molar-refractivity contribution is 6.05. The number of ketones is 1. The van der Waals surface area contributed by atoms with E-state index in [0.29, 0.717) is 12.0 Å². The number of nitrogens with zero attached hydrogens (tertiary/aromatic N) is 2. The Hall–Kier alpha value is -1.79. The number of alkyl halides is 2. The summed E-state index contributed by atoms with van der Waals surface area (Å²) < 4.78 is 31.7. The molecule has 2 atom stereocenters. The molecule has 0 aliphatic heterocycles. The number of fused-ring (bicyclic) bond motifs is 3. The Morgan fingerprint density at radius 2 is 2.26 bits per heavy atom. The number of aromatic nitrogens is 2. The van der Waals surface area contributed by atoms with E-state index in [2.05, 4.69) is 5.10 Å². The van der Waals surface area contributed by atoms with Crippen LogP contribution in [0.2, 0.25) is 0 Å². The molecular formula is C12H12F2N2O3. The van der Waals surface area contributed by atoms with Gasteiger partial charge in [0.05, 0.1) is 6.61 Å². The van der Waals surface area contributed by atoms with E-state index in [1.54, 1.807) is 6.92 Å². The largest absolute Gasteiger partial charge is 0.465 e. The highest BCUT2D eigenvalue weighted by atomic mass is 19.3. The number of hydrogen-bond acceptors (Lipinski definition) is 4. The average Bonchev–Trinajstić information content (AvgIpc) is 2.96. The number of hydrogen-bond donors (Lipinski definition) is 0. The van der Waals surface area contributed by atoms with Crippen LogP contribution in [-0.2, 0) is 16.1 Å². The van der Waals surface area contributed by atoms with Gasteiger partial charge in [-0.25, -0.2) is 13.5 Å². The monoisotopic (exact) mass is 270 g/mol. The maximum absolute atomic E-state index is 12.9. The summed E-state index contributed by atoms with van der Waals surface area (Å²) in [6.45, 7) is 1.55. The molecule has 5 nitrogen and oxygen atoms in total. The molecule has 19 heavy (non-hydrogen) atoms. The van der Waals surface area contributed by atoms with Gasteiger partial charge >= 0.3 is 5.97 Å². The Labute approximate surface area is 107 Å². The molecular weight excluding hydrogens is 258 g/mol. The van der Waals surface area contributed by atoms with Gasteiger partial charge in [-0.2, -0.15) is 5.10 Å². The van der Waals surface area contributed by atoms with Crippen molar-refractivity contribution in [2.45, 2.75) is 32.2 Å². The van der Waals surface area contributed by atoms with Gasteiger partial charge in [-0.3, -0.25) is 9.59 Å². The molecule has 1 heterocycles. The lowest BCUT2D eigenvalue weighted by Gasteiger charge is -2.05. The fraction of sp³-hybridized carbons (Fsp3) is 0.583. The van der Waals surface area contributed by atoms with Crippen molar-refractivity contribution in [2.24, 2.45) is 5.92 Å². The summed E-state index contributed by atoms with van der Waals surface area (Å²) in [5.41, 5.74) is 0.150. The molecule has 1 aromatic heterocycles. The van der Waals surface area contributed by atoms with Crippen LogP contribution in [0.25, 0.3) is 0 Å². The lowest BCUT2D eigenvalue weighted by molar-refractivity contribution is -0.144. The Kier molecular flexibility index (Phi) is 2.65. The predicted octanol–water partition coefficient (Wildman–Crippen LogP) is 1.68. The number of carbonyl (C=O) groups is 2. The molecule has 0 radical (unpaired) electrons. The van der Waals surface area contributed by atoms with Crippen LogP contribution in [0.1, 0.15) is 47.4 Å². The highest BCUT2D eigenvalue weighted by Gasteiger charge is 2.56. The normalized spacial score (nSPS) is 23.5. The van der Waals surface area contributed by atoms with Gasteiger partial charge in [0.25, 0.3) is 6.43 Å². The second kappa shape index (κ2) is 4.11. The van der Waals surface area contributed by atoms with Gasteiger partial charge in [-0.1, -0.05) is 0 Å². The van der Waals surface area contributed by atoms with Gasteiger partial charge in [-0.15, -0.1) is 0 Å². The van der Waals surface area contributed by atoms with Gasteiger partial charge in [0.1, 0.15) is 17.9 Å². The zero-order valence-electron chi connectivity index (χ0n) is 10.2. The van der Waals surface area contributed by atoms with Crippen LogP contribution in [0, 0.1) is 5.92 Å². The summed E-state index contributed by atoms with van der Waals surface area (Å²) in [5, 5.41) is 3.73. The van der Waals surface area contributed by atoms with Crippen molar-refractivity contribution < 1.29 is 23.1 Å². The third-order valence-corrected chi connectivity index (χ3v) is 3.54. The first-order chi connectivity index (χ1) is 9.04. The third kappa shape index (κ3) is 1.75. The van der Waals surface area contributed by atoms with E-state index in [9.17, 15) is 18.4 Å². The summed E-state index contributed by atoms with van der Waals surface area (Å²) in [7, 11) is 0. The smallest absolute Gasteiger partial charge is 0.327 e. The third-order valence-electron chi connectivity index (χ3n) is 3.54. The maximum Gasteiger partial charge on any atom is 0.327 e. The van der Waals surface area contributed by atoms with Gasteiger partial charge < -0.3 is 4.74 Å². The summed E-state index contributed by atoms with van der Waals surface area (Å²) in [4.78, 5) is 23.4. The molecule has 2 aliphatic rings. The fourth-order valence-electron chi connectivity index (χ4n) is 2.70. The molecule has 0 unspecified atom stereocenters. The molecule has 0 amide bonds. The van der Waals surface area contributed by atoms with Crippen LogP contribution < -0.4 is 0 Å². The Bertz CT molecular complexity index is 568. The van der Waals surface area contributed by atoms with E-state index < -0.39 is 12.4 Å². The fourth-order valence-corrected chi connectivity index (χ4v) is 2.70. The van der Waals surface area contributed by atoms with Crippen LogP contribution >= 0.6 is 0 Å². The van der Waals surface area contributed by atoms with E-state index in [1.165, 1.54) is 0 Å². The molecule has 2 aliphatic carbocycles. The molecule has 0 bridgehead atoms. The van der Waals surface area contributed by atoms with Crippen molar-refractivity contribution in [2.75, 3.05) is 6.61 Å². The van der Waals surface area contributed by atoms with Crippen molar-refractivity contribution >= 4 is 11.8 Å². The van der Waals surface area contributed by atoms with E-state index >= 15 is 0 Å².